The lowest BCUT2D eigenvalue weighted by molar-refractivity contribution is -0.135. The topological polar surface area (TPSA) is 55.9 Å². The van der Waals surface area contributed by atoms with Crippen LogP contribution in [0.15, 0.2) is 24.3 Å². The van der Waals surface area contributed by atoms with Gasteiger partial charge in [-0.1, -0.05) is 29.8 Å². The Bertz CT molecular complexity index is 640. The molecule has 0 spiro atoms. The number of likely N-dealkylation sites (N-methyl/N-ethyl adjacent to an activating group) is 1. The van der Waals surface area contributed by atoms with E-state index in [1.165, 1.54) is 11.1 Å². The monoisotopic (exact) mass is 358 g/mol. The van der Waals surface area contributed by atoms with E-state index in [4.69, 9.17) is 0 Å². The molecule has 1 unspecified atom stereocenters. The number of rotatable bonds is 5. The lowest BCUT2D eigenvalue weighted by atomic mass is 10.1. The predicted octanol–water partition coefficient (Wildman–Crippen LogP) is 0.850. The van der Waals surface area contributed by atoms with E-state index in [0.29, 0.717) is 6.54 Å². The van der Waals surface area contributed by atoms with E-state index in [-0.39, 0.29) is 17.9 Å². The Hall–Kier alpha value is -1.92. The number of aryl methyl sites for hydroxylation is 1. The first kappa shape index (κ1) is 18.9. The zero-order valence-electron chi connectivity index (χ0n) is 15.9. The fraction of sp³-hybridized carbons (Fsp3) is 0.600. The Balaban J connectivity index is 1.47. The number of hydrogen-bond donors (Lipinski definition) is 1. The van der Waals surface area contributed by atoms with Crippen molar-refractivity contribution in [3.63, 3.8) is 0 Å². The maximum Gasteiger partial charge on any atom is 0.237 e. The van der Waals surface area contributed by atoms with Crippen LogP contribution in [0.25, 0.3) is 0 Å². The minimum Gasteiger partial charge on any atom is -0.358 e. The summed E-state index contributed by atoms with van der Waals surface area (Å²) in [6, 6.07) is 8.46. The Labute approximate surface area is 156 Å². The number of benzene rings is 1. The zero-order chi connectivity index (χ0) is 18.5. The third-order valence-electron chi connectivity index (χ3n) is 5.46. The van der Waals surface area contributed by atoms with Gasteiger partial charge in [-0.3, -0.25) is 19.4 Å². The van der Waals surface area contributed by atoms with E-state index in [1.807, 2.05) is 9.80 Å². The molecular formula is C20H30N4O2. The van der Waals surface area contributed by atoms with Gasteiger partial charge in [-0.2, -0.15) is 0 Å². The van der Waals surface area contributed by atoms with Crippen LogP contribution < -0.4 is 5.32 Å². The van der Waals surface area contributed by atoms with Gasteiger partial charge in [0.15, 0.2) is 0 Å². The summed E-state index contributed by atoms with van der Waals surface area (Å²) in [7, 11) is 1.66. The van der Waals surface area contributed by atoms with E-state index >= 15 is 0 Å². The SMILES string of the molecule is CNC(=O)C1CCCN1CC(=O)N1CCN(Cc2cccc(C)c2)CC1. The molecule has 6 heteroatoms. The summed E-state index contributed by atoms with van der Waals surface area (Å²) in [5, 5.41) is 2.71. The lowest BCUT2D eigenvalue weighted by Crippen LogP contribution is -2.52. The van der Waals surface area contributed by atoms with E-state index in [2.05, 4.69) is 41.4 Å². The number of hydrogen-bond acceptors (Lipinski definition) is 4. The van der Waals surface area contributed by atoms with Crippen LogP contribution in [0.3, 0.4) is 0 Å². The molecule has 2 aliphatic heterocycles. The number of nitrogens with one attached hydrogen (secondary N) is 1. The molecule has 0 aromatic heterocycles. The number of carbonyl (C=O) groups excluding carboxylic acids is 2. The molecule has 1 N–H and O–H groups in total. The number of likely N-dealkylation sites (tertiary alicyclic amines) is 1. The van der Waals surface area contributed by atoms with Crippen LogP contribution >= 0.6 is 0 Å². The average Bonchev–Trinajstić information content (AvgIpc) is 3.10. The fourth-order valence-electron chi connectivity index (χ4n) is 3.98. The molecule has 0 bridgehead atoms. The second-order valence-electron chi connectivity index (χ2n) is 7.39. The molecule has 0 saturated carbocycles. The lowest BCUT2D eigenvalue weighted by Gasteiger charge is -2.36. The molecule has 142 valence electrons. The summed E-state index contributed by atoms with van der Waals surface area (Å²) < 4.78 is 0. The van der Waals surface area contributed by atoms with Crippen LogP contribution in [0.4, 0.5) is 0 Å². The van der Waals surface area contributed by atoms with Crippen LogP contribution in [0.2, 0.25) is 0 Å². The van der Waals surface area contributed by atoms with Crippen molar-refractivity contribution in [3.05, 3.63) is 35.4 Å². The van der Waals surface area contributed by atoms with Crippen molar-refractivity contribution in [2.24, 2.45) is 0 Å². The minimum absolute atomic E-state index is 0.0262. The molecule has 0 aliphatic carbocycles. The molecule has 0 radical (unpaired) electrons. The van der Waals surface area contributed by atoms with Gasteiger partial charge in [0.05, 0.1) is 12.6 Å². The number of piperazine rings is 1. The fourth-order valence-corrected chi connectivity index (χ4v) is 3.98. The summed E-state index contributed by atoms with van der Waals surface area (Å²) in [5.41, 5.74) is 2.61. The summed E-state index contributed by atoms with van der Waals surface area (Å²) in [4.78, 5) is 31.0. The molecule has 2 heterocycles. The maximum absolute atomic E-state index is 12.7. The quantitative estimate of drug-likeness (QED) is 0.848. The standard InChI is InChI=1S/C20H30N4O2/c1-16-5-3-6-17(13-16)14-22-9-11-23(12-10-22)19(25)15-24-8-4-7-18(24)20(26)21-2/h3,5-6,13,18H,4,7-12,14-15H2,1-2H3,(H,21,26). The molecule has 2 amide bonds. The van der Waals surface area contributed by atoms with Gasteiger partial charge in [0, 0.05) is 39.8 Å². The first-order chi connectivity index (χ1) is 12.6. The van der Waals surface area contributed by atoms with E-state index < -0.39 is 0 Å². The molecule has 1 aromatic carbocycles. The van der Waals surface area contributed by atoms with E-state index in [1.54, 1.807) is 7.05 Å². The Morgan fingerprint density at radius 3 is 2.62 bits per heavy atom. The van der Waals surface area contributed by atoms with Gasteiger partial charge in [-0.15, -0.1) is 0 Å². The minimum atomic E-state index is -0.147. The smallest absolute Gasteiger partial charge is 0.237 e. The van der Waals surface area contributed by atoms with Crippen molar-refractivity contribution in [3.8, 4) is 0 Å². The second kappa shape index (κ2) is 8.64. The van der Waals surface area contributed by atoms with Crippen molar-refractivity contribution >= 4 is 11.8 Å². The summed E-state index contributed by atoms with van der Waals surface area (Å²) in [5.74, 6) is 0.175. The largest absolute Gasteiger partial charge is 0.358 e. The number of carbonyl (C=O) groups is 2. The highest BCUT2D eigenvalue weighted by atomic mass is 16.2. The molecule has 1 atom stereocenters. The number of nitrogens with zero attached hydrogens (tertiary/aromatic N) is 3. The first-order valence-corrected chi connectivity index (χ1v) is 9.58. The average molecular weight is 358 g/mol. The van der Waals surface area contributed by atoms with Crippen LogP contribution in [-0.4, -0.2) is 78.9 Å². The number of amides is 2. The first-order valence-electron chi connectivity index (χ1n) is 9.58. The summed E-state index contributed by atoms with van der Waals surface area (Å²) in [6.07, 6.45) is 1.83. The van der Waals surface area contributed by atoms with Gasteiger partial charge in [-0.05, 0) is 31.9 Å². The second-order valence-corrected chi connectivity index (χ2v) is 7.39. The third-order valence-corrected chi connectivity index (χ3v) is 5.46. The van der Waals surface area contributed by atoms with Gasteiger partial charge >= 0.3 is 0 Å². The third kappa shape index (κ3) is 4.62. The Morgan fingerprint density at radius 2 is 1.92 bits per heavy atom. The summed E-state index contributed by atoms with van der Waals surface area (Å²) >= 11 is 0. The van der Waals surface area contributed by atoms with Gasteiger partial charge in [0.1, 0.15) is 0 Å². The zero-order valence-corrected chi connectivity index (χ0v) is 15.9. The van der Waals surface area contributed by atoms with Crippen molar-refractivity contribution in [2.45, 2.75) is 32.4 Å². The van der Waals surface area contributed by atoms with Crippen molar-refractivity contribution in [1.82, 2.24) is 20.0 Å². The predicted molar refractivity (Wildman–Crippen MR) is 102 cm³/mol. The highest BCUT2D eigenvalue weighted by Gasteiger charge is 2.32. The molecule has 2 fully saturated rings. The highest BCUT2D eigenvalue weighted by Crippen LogP contribution is 2.18. The van der Waals surface area contributed by atoms with Gasteiger partial charge in [-0.25, -0.2) is 0 Å². The Morgan fingerprint density at radius 1 is 1.15 bits per heavy atom. The molecule has 1 aromatic rings. The molecule has 3 rings (SSSR count). The van der Waals surface area contributed by atoms with Crippen LogP contribution in [-0.2, 0) is 16.1 Å². The van der Waals surface area contributed by atoms with Crippen LogP contribution in [0.5, 0.6) is 0 Å². The van der Waals surface area contributed by atoms with E-state index in [0.717, 1.165) is 52.1 Å². The van der Waals surface area contributed by atoms with Crippen molar-refractivity contribution in [2.75, 3.05) is 46.3 Å². The van der Waals surface area contributed by atoms with E-state index in [9.17, 15) is 9.59 Å². The van der Waals surface area contributed by atoms with Gasteiger partial charge in [0.2, 0.25) is 11.8 Å². The van der Waals surface area contributed by atoms with Crippen LogP contribution in [0, 0.1) is 6.92 Å². The molecular weight excluding hydrogens is 328 g/mol. The van der Waals surface area contributed by atoms with Crippen LogP contribution in [0.1, 0.15) is 24.0 Å². The van der Waals surface area contributed by atoms with Crippen molar-refractivity contribution < 1.29 is 9.59 Å². The normalized spacial score (nSPS) is 21.8. The van der Waals surface area contributed by atoms with Gasteiger partial charge in [0.25, 0.3) is 0 Å². The highest BCUT2D eigenvalue weighted by molar-refractivity contribution is 5.83. The Kier molecular flexibility index (Phi) is 6.27. The summed E-state index contributed by atoms with van der Waals surface area (Å²) in [6.45, 7) is 7.58. The van der Waals surface area contributed by atoms with Gasteiger partial charge < -0.3 is 10.2 Å². The molecule has 26 heavy (non-hydrogen) atoms. The molecule has 2 aliphatic rings. The van der Waals surface area contributed by atoms with Crippen molar-refractivity contribution in [1.29, 1.82) is 0 Å². The molecule has 2 saturated heterocycles. The maximum atomic E-state index is 12.7. The molecule has 6 nitrogen and oxygen atoms in total.